The van der Waals surface area contributed by atoms with Gasteiger partial charge < -0.3 is 9.52 Å². The monoisotopic (exact) mass is 332 g/mol. The number of hydrogen-bond donors (Lipinski definition) is 2. The second-order valence-electron chi connectivity index (χ2n) is 5.57. The minimum Gasteiger partial charge on any atom is -0.506 e. The summed E-state index contributed by atoms with van der Waals surface area (Å²) in [5, 5.41) is 27.3. The molecule has 0 spiro atoms. The maximum Gasteiger partial charge on any atom is 0.417 e. The van der Waals surface area contributed by atoms with Gasteiger partial charge in [0, 0.05) is 10.8 Å². The fourth-order valence-corrected chi connectivity index (χ4v) is 2.95. The Morgan fingerprint density at radius 2 is 1.83 bits per heavy atom. The Labute approximate surface area is 133 Å². The third-order valence-electron chi connectivity index (χ3n) is 3.87. The molecule has 2 N–H and O–H groups in total. The molecule has 7 heteroatoms. The smallest absolute Gasteiger partial charge is 0.417 e. The summed E-state index contributed by atoms with van der Waals surface area (Å²) in [6, 6.07) is 5.54. The number of phenolic OH excluding ortho intramolecular Hbond substituents is 1. The van der Waals surface area contributed by atoms with Crippen LogP contribution in [-0.4, -0.2) is 5.11 Å². The van der Waals surface area contributed by atoms with Crippen LogP contribution in [0.1, 0.15) is 22.3 Å². The van der Waals surface area contributed by atoms with E-state index in [-0.39, 0.29) is 16.4 Å². The summed E-state index contributed by atoms with van der Waals surface area (Å²) in [6.07, 6.45) is -4.81. The van der Waals surface area contributed by atoms with Crippen molar-refractivity contribution in [3.05, 3.63) is 46.0 Å². The SMILES string of the molecule is Cc1cc(C)c2c(c1)oc(=N)c1c(O)c(C#N)c(C(F)(F)F)cc12. The highest BCUT2D eigenvalue weighted by atomic mass is 19.4. The van der Waals surface area contributed by atoms with E-state index < -0.39 is 28.6 Å². The molecule has 24 heavy (non-hydrogen) atoms. The van der Waals surface area contributed by atoms with Crippen molar-refractivity contribution in [1.29, 1.82) is 10.7 Å². The van der Waals surface area contributed by atoms with E-state index in [9.17, 15) is 18.3 Å². The van der Waals surface area contributed by atoms with Gasteiger partial charge in [0.15, 0.2) is 0 Å². The largest absolute Gasteiger partial charge is 0.506 e. The van der Waals surface area contributed by atoms with E-state index in [1.807, 2.05) is 0 Å². The molecule has 1 aromatic heterocycles. The molecule has 0 aliphatic heterocycles. The lowest BCUT2D eigenvalue weighted by Crippen LogP contribution is -2.11. The van der Waals surface area contributed by atoms with Gasteiger partial charge in [-0.2, -0.15) is 18.4 Å². The van der Waals surface area contributed by atoms with E-state index in [1.54, 1.807) is 26.0 Å². The van der Waals surface area contributed by atoms with E-state index in [0.717, 1.165) is 11.6 Å². The highest BCUT2D eigenvalue weighted by Crippen LogP contribution is 2.41. The number of halogens is 3. The van der Waals surface area contributed by atoms with Crippen LogP contribution >= 0.6 is 0 Å². The summed E-state index contributed by atoms with van der Waals surface area (Å²) in [5.41, 5.74) is -0.912. The zero-order valence-corrected chi connectivity index (χ0v) is 12.7. The van der Waals surface area contributed by atoms with Crippen molar-refractivity contribution < 1.29 is 22.7 Å². The predicted octanol–water partition coefficient (Wildman–Crippen LogP) is 4.28. The number of aromatic hydroxyl groups is 1. The van der Waals surface area contributed by atoms with Gasteiger partial charge in [0.1, 0.15) is 23.0 Å². The van der Waals surface area contributed by atoms with E-state index in [0.29, 0.717) is 10.9 Å². The number of hydrogen-bond acceptors (Lipinski definition) is 4. The lowest BCUT2D eigenvalue weighted by molar-refractivity contribution is -0.137. The van der Waals surface area contributed by atoms with E-state index in [4.69, 9.17) is 15.1 Å². The molecule has 0 amide bonds. The molecule has 0 aliphatic rings. The fourth-order valence-electron chi connectivity index (χ4n) is 2.95. The Hall–Kier alpha value is -3.01. The van der Waals surface area contributed by atoms with Crippen molar-refractivity contribution >= 4 is 21.7 Å². The highest BCUT2D eigenvalue weighted by molar-refractivity contribution is 6.09. The van der Waals surface area contributed by atoms with Crippen molar-refractivity contribution in [2.24, 2.45) is 0 Å². The summed E-state index contributed by atoms with van der Waals surface area (Å²) < 4.78 is 45.2. The number of phenols is 1. The third-order valence-corrected chi connectivity index (χ3v) is 3.87. The molecule has 0 atom stereocenters. The number of aryl methyl sites for hydroxylation is 2. The molecule has 122 valence electrons. The van der Waals surface area contributed by atoms with Gasteiger partial charge in [-0.1, -0.05) is 6.07 Å². The Kier molecular flexibility index (Phi) is 3.30. The zero-order chi connectivity index (χ0) is 17.8. The van der Waals surface area contributed by atoms with Gasteiger partial charge in [-0.3, -0.25) is 5.41 Å². The highest BCUT2D eigenvalue weighted by Gasteiger charge is 2.36. The van der Waals surface area contributed by atoms with Gasteiger partial charge in [-0.05, 0) is 37.1 Å². The number of nitriles is 1. The molecule has 0 fully saturated rings. The summed E-state index contributed by atoms with van der Waals surface area (Å²) >= 11 is 0. The molecule has 0 unspecified atom stereocenters. The molecule has 4 nitrogen and oxygen atoms in total. The molecule has 2 aromatic carbocycles. The van der Waals surface area contributed by atoms with Gasteiger partial charge in [0.05, 0.1) is 10.9 Å². The first kappa shape index (κ1) is 15.9. The fraction of sp³-hybridized carbons (Fsp3) is 0.176. The first-order chi connectivity index (χ1) is 11.1. The Morgan fingerprint density at radius 3 is 2.42 bits per heavy atom. The lowest BCUT2D eigenvalue weighted by Gasteiger charge is -2.14. The number of alkyl halides is 3. The van der Waals surface area contributed by atoms with Crippen LogP contribution in [0.5, 0.6) is 5.75 Å². The molecule has 0 saturated carbocycles. The van der Waals surface area contributed by atoms with Crippen LogP contribution in [0.3, 0.4) is 0 Å². The molecule has 0 radical (unpaired) electrons. The van der Waals surface area contributed by atoms with Crippen molar-refractivity contribution in [1.82, 2.24) is 0 Å². The number of nitrogens with zero attached hydrogens (tertiary/aromatic N) is 1. The first-order valence-electron chi connectivity index (χ1n) is 6.90. The average molecular weight is 332 g/mol. The molecular formula is C17H11F3N2O2. The second-order valence-corrected chi connectivity index (χ2v) is 5.57. The van der Waals surface area contributed by atoms with Crippen molar-refractivity contribution in [2.45, 2.75) is 20.0 Å². The normalized spacial score (nSPS) is 11.8. The Balaban J connectivity index is 2.68. The van der Waals surface area contributed by atoms with Gasteiger partial charge in [0.2, 0.25) is 5.55 Å². The van der Waals surface area contributed by atoms with Crippen molar-refractivity contribution in [3.63, 3.8) is 0 Å². The van der Waals surface area contributed by atoms with Gasteiger partial charge >= 0.3 is 6.18 Å². The van der Waals surface area contributed by atoms with Crippen LogP contribution in [0, 0.1) is 30.6 Å². The Morgan fingerprint density at radius 1 is 1.17 bits per heavy atom. The van der Waals surface area contributed by atoms with Crippen LogP contribution in [0.4, 0.5) is 13.2 Å². The molecule has 1 heterocycles. The number of nitrogens with one attached hydrogen (secondary N) is 1. The predicted molar refractivity (Wildman–Crippen MR) is 80.4 cm³/mol. The summed E-state index contributed by atoms with van der Waals surface area (Å²) in [6.45, 7) is 3.50. The third kappa shape index (κ3) is 2.19. The quantitative estimate of drug-likeness (QED) is 0.603. The summed E-state index contributed by atoms with van der Waals surface area (Å²) in [5.74, 6) is -0.891. The molecule has 0 saturated heterocycles. The van der Waals surface area contributed by atoms with Crippen molar-refractivity contribution in [3.8, 4) is 11.8 Å². The van der Waals surface area contributed by atoms with Crippen LogP contribution < -0.4 is 5.55 Å². The summed E-state index contributed by atoms with van der Waals surface area (Å²) in [4.78, 5) is 0. The van der Waals surface area contributed by atoms with E-state index in [1.165, 1.54) is 6.07 Å². The molecular weight excluding hydrogens is 321 g/mol. The van der Waals surface area contributed by atoms with Crippen LogP contribution in [0.25, 0.3) is 21.7 Å². The van der Waals surface area contributed by atoms with Gasteiger partial charge in [-0.15, -0.1) is 0 Å². The minimum atomic E-state index is -4.81. The summed E-state index contributed by atoms with van der Waals surface area (Å²) in [7, 11) is 0. The molecule has 3 aromatic rings. The molecule has 3 rings (SSSR count). The first-order valence-corrected chi connectivity index (χ1v) is 6.90. The van der Waals surface area contributed by atoms with Gasteiger partial charge in [0.25, 0.3) is 0 Å². The molecule has 0 aliphatic carbocycles. The van der Waals surface area contributed by atoms with E-state index in [2.05, 4.69) is 0 Å². The number of rotatable bonds is 0. The maximum atomic E-state index is 13.3. The lowest BCUT2D eigenvalue weighted by atomic mass is 9.96. The van der Waals surface area contributed by atoms with Crippen LogP contribution in [0.15, 0.2) is 22.6 Å². The van der Waals surface area contributed by atoms with Crippen LogP contribution in [0.2, 0.25) is 0 Å². The van der Waals surface area contributed by atoms with Crippen LogP contribution in [-0.2, 0) is 6.18 Å². The number of benzene rings is 2. The van der Waals surface area contributed by atoms with E-state index >= 15 is 0 Å². The second kappa shape index (κ2) is 4.99. The Bertz CT molecular complexity index is 1110. The minimum absolute atomic E-state index is 0.0302. The van der Waals surface area contributed by atoms with Gasteiger partial charge in [-0.25, -0.2) is 0 Å². The topological polar surface area (TPSA) is 81.0 Å². The maximum absolute atomic E-state index is 13.3. The van der Waals surface area contributed by atoms with Crippen molar-refractivity contribution in [2.75, 3.05) is 0 Å². The standard InChI is InChI=1S/C17H11F3N2O2/c1-7-3-8(2)13-9-5-11(17(18,19)20)10(6-21)15(23)14(9)16(22)24-12(13)4-7/h3-5,22-23H,1-2H3. The molecule has 0 bridgehead atoms. The zero-order valence-electron chi connectivity index (χ0n) is 12.7. The number of fused-ring (bicyclic) bond motifs is 3. The average Bonchev–Trinajstić information content (AvgIpc) is 2.44.